The molecular formula is C17H11N3O4S2. The van der Waals surface area contributed by atoms with Crippen LogP contribution in [0.25, 0.3) is 5.57 Å². The van der Waals surface area contributed by atoms with Crippen LogP contribution >= 0.6 is 11.8 Å². The molecule has 0 saturated carbocycles. The van der Waals surface area contributed by atoms with Crippen LogP contribution in [0.4, 0.5) is 5.69 Å². The maximum absolute atomic E-state index is 12.3. The van der Waals surface area contributed by atoms with E-state index in [0.717, 1.165) is 11.8 Å². The molecule has 2 aliphatic rings. The summed E-state index contributed by atoms with van der Waals surface area (Å²) < 4.78 is 28.4. The molecule has 0 unspecified atom stereocenters. The first-order valence-electron chi connectivity index (χ1n) is 7.50. The number of carbonyl (C=O) groups is 2. The highest BCUT2D eigenvalue weighted by Crippen LogP contribution is 2.39. The summed E-state index contributed by atoms with van der Waals surface area (Å²) in [5, 5.41) is 5.02. The minimum Gasteiger partial charge on any atom is -0.321 e. The number of amidine groups is 1. The summed E-state index contributed by atoms with van der Waals surface area (Å²) in [6.45, 7) is 0. The zero-order valence-electron chi connectivity index (χ0n) is 13.1. The summed E-state index contributed by atoms with van der Waals surface area (Å²) in [6, 6.07) is 14.7. The SMILES string of the molecule is O=C1N/C(=N/S(=O)(=O)c2ccccc2)S/C1=C1/C(=O)Nc2ccccc21. The van der Waals surface area contributed by atoms with Crippen molar-refractivity contribution in [1.82, 2.24) is 5.32 Å². The molecule has 2 amide bonds. The molecule has 1 saturated heterocycles. The molecule has 4 rings (SSSR count). The van der Waals surface area contributed by atoms with E-state index < -0.39 is 21.8 Å². The predicted octanol–water partition coefficient (Wildman–Crippen LogP) is 1.96. The van der Waals surface area contributed by atoms with Crippen molar-refractivity contribution >= 4 is 50.0 Å². The van der Waals surface area contributed by atoms with Gasteiger partial charge in [0.25, 0.3) is 21.8 Å². The molecule has 0 radical (unpaired) electrons. The average molecular weight is 385 g/mol. The van der Waals surface area contributed by atoms with Gasteiger partial charge in [0.2, 0.25) is 0 Å². The molecule has 0 aromatic heterocycles. The second kappa shape index (κ2) is 6.11. The second-order valence-electron chi connectivity index (χ2n) is 5.44. The van der Waals surface area contributed by atoms with Crippen molar-refractivity contribution in [3.8, 4) is 0 Å². The lowest BCUT2D eigenvalue weighted by molar-refractivity contribution is -0.115. The minimum atomic E-state index is -3.96. The molecule has 0 atom stereocenters. The molecule has 130 valence electrons. The smallest absolute Gasteiger partial charge is 0.284 e. The van der Waals surface area contributed by atoms with Gasteiger partial charge >= 0.3 is 0 Å². The highest BCUT2D eigenvalue weighted by atomic mass is 32.2. The van der Waals surface area contributed by atoms with Crippen molar-refractivity contribution in [2.75, 3.05) is 5.32 Å². The largest absolute Gasteiger partial charge is 0.321 e. The van der Waals surface area contributed by atoms with Gasteiger partial charge in [0.1, 0.15) is 0 Å². The van der Waals surface area contributed by atoms with E-state index in [0.29, 0.717) is 11.3 Å². The molecule has 0 aliphatic carbocycles. The highest BCUT2D eigenvalue weighted by Gasteiger charge is 2.35. The van der Waals surface area contributed by atoms with Crippen molar-refractivity contribution in [2.45, 2.75) is 4.90 Å². The topological polar surface area (TPSA) is 105 Å². The number of anilines is 1. The molecule has 7 nitrogen and oxygen atoms in total. The summed E-state index contributed by atoms with van der Waals surface area (Å²) in [6.07, 6.45) is 0. The molecule has 2 aromatic rings. The Hall–Kier alpha value is -2.91. The van der Waals surface area contributed by atoms with E-state index in [1.54, 1.807) is 42.5 Å². The molecule has 0 spiro atoms. The van der Waals surface area contributed by atoms with Crippen LogP contribution in [0.3, 0.4) is 0 Å². The fraction of sp³-hybridized carbons (Fsp3) is 0. The Bertz CT molecular complexity index is 1110. The van der Waals surface area contributed by atoms with E-state index in [4.69, 9.17) is 0 Å². The number of hydrogen-bond acceptors (Lipinski definition) is 5. The average Bonchev–Trinajstić information content (AvgIpc) is 3.13. The van der Waals surface area contributed by atoms with E-state index in [9.17, 15) is 18.0 Å². The third kappa shape index (κ3) is 2.80. The lowest BCUT2D eigenvalue weighted by Crippen LogP contribution is -2.21. The summed E-state index contributed by atoms with van der Waals surface area (Å²) in [5.74, 6) is -0.963. The zero-order valence-corrected chi connectivity index (χ0v) is 14.7. The number of fused-ring (bicyclic) bond motifs is 1. The lowest BCUT2D eigenvalue weighted by Gasteiger charge is -1.99. The number of carbonyl (C=O) groups excluding carboxylic acids is 2. The number of nitrogens with zero attached hydrogens (tertiary/aromatic N) is 1. The Morgan fingerprint density at radius 2 is 1.54 bits per heavy atom. The Morgan fingerprint density at radius 3 is 2.31 bits per heavy atom. The maximum Gasteiger partial charge on any atom is 0.284 e. The van der Waals surface area contributed by atoms with Crippen molar-refractivity contribution in [3.05, 3.63) is 65.1 Å². The van der Waals surface area contributed by atoms with Gasteiger partial charge < -0.3 is 5.32 Å². The summed E-state index contributed by atoms with van der Waals surface area (Å²) in [7, 11) is -3.96. The molecular weight excluding hydrogens is 374 g/mol. The van der Waals surface area contributed by atoms with Gasteiger partial charge in [-0.3, -0.25) is 14.9 Å². The second-order valence-corrected chi connectivity index (χ2v) is 8.05. The number of hydrogen-bond donors (Lipinski definition) is 2. The number of benzene rings is 2. The quantitative estimate of drug-likeness (QED) is 0.769. The fourth-order valence-electron chi connectivity index (χ4n) is 2.63. The molecule has 2 aromatic carbocycles. The number of rotatable bonds is 2. The van der Waals surface area contributed by atoms with Crippen molar-refractivity contribution in [1.29, 1.82) is 0 Å². The van der Waals surface area contributed by atoms with E-state index >= 15 is 0 Å². The Labute approximate surface area is 153 Å². The van der Waals surface area contributed by atoms with Crippen molar-refractivity contribution in [2.24, 2.45) is 4.40 Å². The predicted molar refractivity (Wildman–Crippen MR) is 98.8 cm³/mol. The first-order chi connectivity index (χ1) is 12.5. The molecule has 0 bridgehead atoms. The molecule has 2 aliphatic heterocycles. The van der Waals surface area contributed by atoms with Gasteiger partial charge in [-0.15, -0.1) is 4.40 Å². The monoisotopic (exact) mass is 385 g/mol. The van der Waals surface area contributed by atoms with Gasteiger partial charge in [-0.25, -0.2) is 0 Å². The van der Waals surface area contributed by atoms with Gasteiger partial charge in [-0.1, -0.05) is 36.4 Å². The molecule has 2 heterocycles. The summed E-state index contributed by atoms with van der Waals surface area (Å²) >= 11 is 0.834. The number of thioether (sulfide) groups is 1. The van der Waals surface area contributed by atoms with Crippen LogP contribution in [0.1, 0.15) is 5.56 Å². The first kappa shape index (κ1) is 16.6. The number of sulfonamides is 1. The number of para-hydroxylation sites is 1. The normalized spacial score (nSPS) is 20.8. The lowest BCUT2D eigenvalue weighted by atomic mass is 10.1. The first-order valence-corrected chi connectivity index (χ1v) is 9.75. The van der Waals surface area contributed by atoms with Crippen LogP contribution in [-0.4, -0.2) is 25.4 Å². The van der Waals surface area contributed by atoms with Crippen molar-refractivity contribution in [3.63, 3.8) is 0 Å². The van der Waals surface area contributed by atoms with Gasteiger partial charge in [-0.05, 0) is 30.0 Å². The Kier molecular flexibility index (Phi) is 3.89. The maximum atomic E-state index is 12.3. The third-order valence-corrected chi connectivity index (χ3v) is 6.16. The number of nitrogens with one attached hydrogen (secondary N) is 2. The molecule has 9 heteroatoms. The fourth-order valence-corrected chi connectivity index (χ4v) is 4.72. The number of amides is 2. The zero-order chi connectivity index (χ0) is 18.3. The van der Waals surface area contributed by atoms with Gasteiger partial charge in [0, 0.05) is 11.3 Å². The van der Waals surface area contributed by atoms with E-state index in [-0.39, 0.29) is 20.5 Å². The van der Waals surface area contributed by atoms with Crippen LogP contribution in [0.5, 0.6) is 0 Å². The van der Waals surface area contributed by atoms with E-state index in [1.807, 2.05) is 0 Å². The Balaban J connectivity index is 1.74. The molecule has 2 N–H and O–H groups in total. The van der Waals surface area contributed by atoms with Crippen LogP contribution < -0.4 is 10.6 Å². The Morgan fingerprint density at radius 1 is 0.846 bits per heavy atom. The standard InChI is InChI=1S/C17H11N3O4S2/c21-15-13(11-8-4-5-9-12(11)18-15)14-16(22)19-17(25-14)20-26(23,24)10-6-2-1-3-7-10/h1-9H,(H,18,21)(H,19,20,22)/b14-13+. The van der Waals surface area contributed by atoms with Crippen LogP contribution in [-0.2, 0) is 19.6 Å². The summed E-state index contributed by atoms with van der Waals surface area (Å²) in [4.78, 5) is 24.7. The van der Waals surface area contributed by atoms with Gasteiger partial charge in [-0.2, -0.15) is 8.42 Å². The van der Waals surface area contributed by atoms with Crippen LogP contribution in [0.15, 0.2) is 68.8 Å². The summed E-state index contributed by atoms with van der Waals surface area (Å²) in [5.41, 5.74) is 1.42. The van der Waals surface area contributed by atoms with Crippen molar-refractivity contribution < 1.29 is 18.0 Å². The molecule has 26 heavy (non-hydrogen) atoms. The minimum absolute atomic E-state index is 0.0207. The highest BCUT2D eigenvalue weighted by molar-refractivity contribution is 8.19. The van der Waals surface area contributed by atoms with Gasteiger partial charge in [0.15, 0.2) is 5.17 Å². The van der Waals surface area contributed by atoms with Gasteiger partial charge in [0.05, 0.1) is 15.4 Å². The van der Waals surface area contributed by atoms with Crippen LogP contribution in [0, 0.1) is 0 Å². The van der Waals surface area contributed by atoms with Crippen LogP contribution in [0.2, 0.25) is 0 Å². The van der Waals surface area contributed by atoms with E-state index in [2.05, 4.69) is 15.0 Å². The molecule has 1 fully saturated rings. The van der Waals surface area contributed by atoms with E-state index in [1.165, 1.54) is 12.1 Å². The third-order valence-electron chi connectivity index (χ3n) is 3.77.